The third-order valence-corrected chi connectivity index (χ3v) is 5.73. The fourth-order valence-corrected chi connectivity index (χ4v) is 3.65. The smallest absolute Gasteiger partial charge is 0.259 e. The van der Waals surface area contributed by atoms with Crippen molar-refractivity contribution in [3.05, 3.63) is 12.0 Å². The number of imidazole rings is 1. The molecular weight excluding hydrogens is 318 g/mol. The van der Waals surface area contributed by atoms with Gasteiger partial charge in [-0.15, -0.1) is 0 Å². The maximum atomic E-state index is 12.2. The van der Waals surface area contributed by atoms with Gasteiger partial charge in [-0.1, -0.05) is 6.92 Å². The molecule has 1 aliphatic rings. The van der Waals surface area contributed by atoms with Crippen molar-refractivity contribution in [2.75, 3.05) is 26.2 Å². The summed E-state index contributed by atoms with van der Waals surface area (Å²) in [6.45, 7) is 5.71. The molecule has 0 aliphatic carbocycles. The van der Waals surface area contributed by atoms with Gasteiger partial charge in [-0.25, -0.2) is 18.1 Å². The van der Waals surface area contributed by atoms with E-state index in [1.165, 1.54) is 6.20 Å². The number of sulfonamides is 1. The summed E-state index contributed by atoms with van der Waals surface area (Å²) in [7, 11) is -1.95. The number of nitrogens with one attached hydrogen (secondary N) is 1. The van der Waals surface area contributed by atoms with Gasteiger partial charge in [0.15, 0.2) is 5.03 Å². The highest BCUT2D eigenvalue weighted by molar-refractivity contribution is 7.89. The van der Waals surface area contributed by atoms with Gasteiger partial charge < -0.3 is 15.2 Å². The van der Waals surface area contributed by atoms with Crippen LogP contribution in [0.2, 0.25) is 0 Å². The van der Waals surface area contributed by atoms with Crippen LogP contribution in [-0.4, -0.2) is 55.0 Å². The van der Waals surface area contributed by atoms with Crippen LogP contribution >= 0.6 is 0 Å². The zero-order valence-corrected chi connectivity index (χ0v) is 14.7. The zero-order chi connectivity index (χ0) is 17.3. The average molecular weight is 343 g/mol. The second-order valence-electron chi connectivity index (χ2n) is 6.47. The van der Waals surface area contributed by atoms with Crippen LogP contribution in [0.15, 0.2) is 11.2 Å². The molecule has 2 rings (SSSR count). The van der Waals surface area contributed by atoms with Gasteiger partial charge in [-0.3, -0.25) is 4.79 Å². The van der Waals surface area contributed by atoms with E-state index >= 15 is 0 Å². The molecule has 8 nitrogen and oxygen atoms in total. The summed E-state index contributed by atoms with van der Waals surface area (Å²) < 4.78 is 28.3. The molecule has 0 saturated carbocycles. The van der Waals surface area contributed by atoms with E-state index in [1.54, 1.807) is 23.4 Å². The van der Waals surface area contributed by atoms with E-state index in [0.717, 1.165) is 6.42 Å². The van der Waals surface area contributed by atoms with Crippen molar-refractivity contribution in [1.29, 1.82) is 0 Å². The molecule has 130 valence electrons. The molecule has 0 bridgehead atoms. The Morgan fingerprint density at radius 2 is 2.22 bits per heavy atom. The molecule has 0 radical (unpaired) electrons. The molecule has 1 aromatic heterocycles. The minimum atomic E-state index is -3.68. The molecule has 1 unspecified atom stereocenters. The lowest BCUT2D eigenvalue weighted by atomic mass is 9.90. The number of rotatable bonds is 6. The number of aryl methyl sites for hydroxylation is 2. The summed E-state index contributed by atoms with van der Waals surface area (Å²) in [5, 5.41) is -0.0261. The van der Waals surface area contributed by atoms with Crippen LogP contribution in [0.1, 0.15) is 25.6 Å². The summed E-state index contributed by atoms with van der Waals surface area (Å²) in [6.07, 6.45) is 2.46. The van der Waals surface area contributed by atoms with Gasteiger partial charge in [0, 0.05) is 39.3 Å². The van der Waals surface area contributed by atoms with Crippen LogP contribution in [0.5, 0.6) is 0 Å². The van der Waals surface area contributed by atoms with Gasteiger partial charge in [0.25, 0.3) is 10.0 Å². The van der Waals surface area contributed by atoms with E-state index in [0.29, 0.717) is 25.5 Å². The number of carbonyl (C=O) groups excluding carboxylic acids is 1. The molecule has 2 heterocycles. The first-order valence-electron chi connectivity index (χ1n) is 7.64. The first-order valence-corrected chi connectivity index (χ1v) is 9.13. The average Bonchev–Trinajstić information content (AvgIpc) is 3.04. The molecule has 1 amide bonds. The SMILES string of the molecule is Cc1nc(S(=O)(=O)NCCC(=O)N2CCC(C)(CN)C2)cn1C. The van der Waals surface area contributed by atoms with Gasteiger partial charge in [-0.05, 0) is 25.3 Å². The summed E-state index contributed by atoms with van der Waals surface area (Å²) in [6, 6.07) is 0. The molecule has 23 heavy (non-hydrogen) atoms. The lowest BCUT2D eigenvalue weighted by Gasteiger charge is -2.22. The van der Waals surface area contributed by atoms with Crippen LogP contribution in [-0.2, 0) is 21.9 Å². The second-order valence-corrected chi connectivity index (χ2v) is 8.18. The fourth-order valence-electron chi connectivity index (χ4n) is 2.58. The third kappa shape index (κ3) is 4.10. The summed E-state index contributed by atoms with van der Waals surface area (Å²) in [4.78, 5) is 17.9. The van der Waals surface area contributed by atoms with Gasteiger partial charge in [0.2, 0.25) is 5.91 Å². The van der Waals surface area contributed by atoms with Gasteiger partial charge >= 0.3 is 0 Å². The van der Waals surface area contributed by atoms with E-state index in [2.05, 4.69) is 16.6 Å². The maximum absolute atomic E-state index is 12.2. The number of aromatic nitrogens is 2. The minimum absolute atomic E-state index is 0.0261. The molecule has 0 spiro atoms. The van der Waals surface area contributed by atoms with Crippen molar-refractivity contribution in [2.24, 2.45) is 18.2 Å². The predicted octanol–water partition coefficient (Wildman–Crippen LogP) is -0.406. The standard InChI is InChI=1S/C14H25N5O3S/c1-11-17-12(8-18(11)3)23(21,22)16-6-4-13(20)19-7-5-14(2,9-15)10-19/h8,16H,4-7,9-10,15H2,1-3H3. The molecule has 1 aliphatic heterocycles. The van der Waals surface area contributed by atoms with Crippen LogP contribution in [0.25, 0.3) is 0 Å². The van der Waals surface area contributed by atoms with Crippen molar-refractivity contribution >= 4 is 15.9 Å². The Morgan fingerprint density at radius 3 is 2.74 bits per heavy atom. The van der Waals surface area contributed by atoms with Crippen LogP contribution in [0.4, 0.5) is 0 Å². The first kappa shape index (κ1) is 17.9. The summed E-state index contributed by atoms with van der Waals surface area (Å²) >= 11 is 0. The Balaban J connectivity index is 1.86. The molecule has 1 saturated heterocycles. The molecular formula is C14H25N5O3S. The van der Waals surface area contributed by atoms with E-state index in [9.17, 15) is 13.2 Å². The van der Waals surface area contributed by atoms with Gasteiger partial charge in [0.1, 0.15) is 5.82 Å². The van der Waals surface area contributed by atoms with E-state index in [1.807, 2.05) is 0 Å². The monoisotopic (exact) mass is 343 g/mol. The highest BCUT2D eigenvalue weighted by atomic mass is 32.2. The Hall–Kier alpha value is -1.45. The number of likely N-dealkylation sites (tertiary alicyclic amines) is 1. The van der Waals surface area contributed by atoms with E-state index in [4.69, 9.17) is 5.73 Å². The quantitative estimate of drug-likeness (QED) is 0.730. The first-order chi connectivity index (χ1) is 10.7. The lowest BCUT2D eigenvalue weighted by molar-refractivity contribution is -0.130. The number of hydrogen-bond acceptors (Lipinski definition) is 5. The Kier molecular flexibility index (Phi) is 5.12. The molecule has 1 fully saturated rings. The highest BCUT2D eigenvalue weighted by Crippen LogP contribution is 2.28. The Morgan fingerprint density at radius 1 is 1.52 bits per heavy atom. The lowest BCUT2D eigenvalue weighted by Crippen LogP contribution is -2.36. The number of carbonyl (C=O) groups is 1. The van der Waals surface area contributed by atoms with Crippen molar-refractivity contribution in [3.8, 4) is 0 Å². The van der Waals surface area contributed by atoms with E-state index in [-0.39, 0.29) is 29.3 Å². The van der Waals surface area contributed by atoms with Crippen molar-refractivity contribution in [3.63, 3.8) is 0 Å². The topological polar surface area (TPSA) is 110 Å². The van der Waals surface area contributed by atoms with Gasteiger partial charge in [0.05, 0.1) is 0 Å². The number of nitrogens with zero attached hydrogens (tertiary/aromatic N) is 3. The molecule has 1 atom stereocenters. The summed E-state index contributed by atoms with van der Waals surface area (Å²) in [5.41, 5.74) is 5.70. The number of amides is 1. The van der Waals surface area contributed by atoms with Crippen LogP contribution < -0.4 is 10.5 Å². The van der Waals surface area contributed by atoms with Crippen LogP contribution in [0.3, 0.4) is 0 Å². The number of hydrogen-bond donors (Lipinski definition) is 2. The second kappa shape index (κ2) is 6.58. The molecule has 0 aromatic carbocycles. The molecule has 1 aromatic rings. The van der Waals surface area contributed by atoms with Crippen LogP contribution in [0, 0.1) is 12.3 Å². The van der Waals surface area contributed by atoms with Crippen molar-refractivity contribution < 1.29 is 13.2 Å². The number of nitrogens with two attached hydrogens (primary N) is 1. The fraction of sp³-hybridized carbons (Fsp3) is 0.714. The summed E-state index contributed by atoms with van der Waals surface area (Å²) in [5.74, 6) is 0.557. The Labute approximate surface area is 137 Å². The minimum Gasteiger partial charge on any atom is -0.342 e. The van der Waals surface area contributed by atoms with Crippen molar-refractivity contribution in [1.82, 2.24) is 19.2 Å². The van der Waals surface area contributed by atoms with E-state index < -0.39 is 10.0 Å². The van der Waals surface area contributed by atoms with Crippen molar-refractivity contribution in [2.45, 2.75) is 31.7 Å². The highest BCUT2D eigenvalue weighted by Gasteiger charge is 2.34. The maximum Gasteiger partial charge on any atom is 0.259 e. The predicted molar refractivity (Wildman–Crippen MR) is 86.1 cm³/mol. The largest absolute Gasteiger partial charge is 0.342 e. The normalized spacial score (nSPS) is 21.8. The Bertz CT molecular complexity index is 665. The zero-order valence-electron chi connectivity index (χ0n) is 13.9. The van der Waals surface area contributed by atoms with Gasteiger partial charge in [-0.2, -0.15) is 0 Å². The molecule has 3 N–H and O–H groups in total. The molecule has 9 heteroatoms. The third-order valence-electron chi connectivity index (χ3n) is 4.40.